The predicted molar refractivity (Wildman–Crippen MR) is 97.6 cm³/mol. The van der Waals surface area contributed by atoms with Crippen molar-refractivity contribution in [1.29, 1.82) is 0 Å². The largest absolute Gasteiger partial charge is 0.496 e. The predicted octanol–water partition coefficient (Wildman–Crippen LogP) is 3.19. The van der Waals surface area contributed by atoms with Crippen LogP contribution in [0.25, 0.3) is 0 Å². The second kappa shape index (κ2) is 8.42. The van der Waals surface area contributed by atoms with Crippen LogP contribution in [-0.4, -0.2) is 27.2 Å². The molecule has 1 N–H and O–H groups in total. The van der Waals surface area contributed by atoms with Gasteiger partial charge < -0.3 is 19.5 Å². The van der Waals surface area contributed by atoms with Crippen LogP contribution >= 0.6 is 0 Å². The van der Waals surface area contributed by atoms with Crippen LogP contribution in [-0.2, 0) is 17.8 Å². The first kappa shape index (κ1) is 18.6. The Kier molecular flexibility index (Phi) is 6.28. The van der Waals surface area contributed by atoms with Gasteiger partial charge in [0.15, 0.2) is 11.5 Å². The lowest BCUT2D eigenvalue weighted by Crippen LogP contribution is -2.25. The van der Waals surface area contributed by atoms with E-state index in [0.717, 1.165) is 28.0 Å². The van der Waals surface area contributed by atoms with Crippen LogP contribution in [0.5, 0.6) is 17.2 Å². The maximum Gasteiger partial charge on any atom is 0.224 e. The van der Waals surface area contributed by atoms with Crippen molar-refractivity contribution in [3.05, 3.63) is 52.6 Å². The first-order chi connectivity index (χ1) is 12.0. The highest BCUT2D eigenvalue weighted by Gasteiger charge is 2.11. The highest BCUT2D eigenvalue weighted by Crippen LogP contribution is 2.27. The van der Waals surface area contributed by atoms with Crippen molar-refractivity contribution < 1.29 is 19.0 Å². The Hall–Kier alpha value is -2.69. The van der Waals surface area contributed by atoms with Crippen LogP contribution in [0, 0.1) is 13.8 Å². The van der Waals surface area contributed by atoms with E-state index in [1.807, 2.05) is 44.2 Å². The van der Waals surface area contributed by atoms with Gasteiger partial charge in [0, 0.05) is 6.54 Å². The van der Waals surface area contributed by atoms with E-state index in [-0.39, 0.29) is 5.91 Å². The smallest absolute Gasteiger partial charge is 0.224 e. The van der Waals surface area contributed by atoms with Gasteiger partial charge in [0.05, 0.1) is 27.8 Å². The van der Waals surface area contributed by atoms with E-state index in [0.29, 0.717) is 24.5 Å². The summed E-state index contributed by atoms with van der Waals surface area (Å²) in [5.74, 6) is 2.13. The molecule has 25 heavy (non-hydrogen) atoms. The van der Waals surface area contributed by atoms with E-state index in [1.165, 1.54) is 0 Å². The zero-order chi connectivity index (χ0) is 18.4. The average Bonchev–Trinajstić information content (AvgIpc) is 2.63. The normalized spacial score (nSPS) is 10.3. The van der Waals surface area contributed by atoms with Gasteiger partial charge in [-0.25, -0.2) is 0 Å². The Morgan fingerprint density at radius 2 is 1.52 bits per heavy atom. The Morgan fingerprint density at radius 3 is 2.16 bits per heavy atom. The first-order valence-electron chi connectivity index (χ1n) is 8.10. The van der Waals surface area contributed by atoms with Crippen molar-refractivity contribution in [3.63, 3.8) is 0 Å². The molecule has 1 amide bonds. The molecule has 2 aromatic rings. The van der Waals surface area contributed by atoms with E-state index >= 15 is 0 Å². The molecule has 0 aromatic heterocycles. The van der Waals surface area contributed by atoms with Gasteiger partial charge >= 0.3 is 0 Å². The summed E-state index contributed by atoms with van der Waals surface area (Å²) in [4.78, 5) is 12.3. The maximum atomic E-state index is 12.3. The van der Waals surface area contributed by atoms with E-state index in [4.69, 9.17) is 14.2 Å². The standard InChI is InChI=1S/C20H25NO4/c1-13-14(2)17(23-3)9-7-16(13)11-20(22)21-12-15-6-8-18(24-4)19(10-15)25-5/h6-10H,11-12H2,1-5H3,(H,21,22). The molecule has 0 aliphatic carbocycles. The molecule has 0 atom stereocenters. The highest BCUT2D eigenvalue weighted by molar-refractivity contribution is 5.79. The number of hydrogen-bond donors (Lipinski definition) is 1. The van der Waals surface area contributed by atoms with Gasteiger partial charge in [0.1, 0.15) is 5.75 Å². The number of carbonyl (C=O) groups is 1. The van der Waals surface area contributed by atoms with Crippen LogP contribution in [0.15, 0.2) is 30.3 Å². The van der Waals surface area contributed by atoms with E-state index in [1.54, 1.807) is 21.3 Å². The molecule has 0 bridgehead atoms. The van der Waals surface area contributed by atoms with Crippen molar-refractivity contribution >= 4 is 5.91 Å². The van der Waals surface area contributed by atoms with Crippen molar-refractivity contribution in [2.45, 2.75) is 26.8 Å². The summed E-state index contributed by atoms with van der Waals surface area (Å²) in [6, 6.07) is 9.44. The monoisotopic (exact) mass is 343 g/mol. The van der Waals surface area contributed by atoms with E-state index in [2.05, 4.69) is 5.32 Å². The molecule has 0 aliphatic rings. The first-order valence-corrected chi connectivity index (χ1v) is 8.10. The van der Waals surface area contributed by atoms with Crippen molar-refractivity contribution in [3.8, 4) is 17.2 Å². The number of amides is 1. The molecule has 0 saturated carbocycles. The minimum Gasteiger partial charge on any atom is -0.496 e. The van der Waals surface area contributed by atoms with Gasteiger partial charge in [-0.2, -0.15) is 0 Å². The molecular formula is C20H25NO4. The fourth-order valence-electron chi connectivity index (χ4n) is 2.69. The maximum absolute atomic E-state index is 12.3. The number of methoxy groups -OCH3 is 3. The molecule has 134 valence electrons. The summed E-state index contributed by atoms with van der Waals surface area (Å²) >= 11 is 0. The molecule has 0 spiro atoms. The third kappa shape index (κ3) is 4.44. The third-order valence-corrected chi connectivity index (χ3v) is 4.36. The number of hydrogen-bond acceptors (Lipinski definition) is 4. The number of carbonyl (C=O) groups excluding carboxylic acids is 1. The Morgan fingerprint density at radius 1 is 0.880 bits per heavy atom. The fourth-order valence-corrected chi connectivity index (χ4v) is 2.69. The molecule has 5 nitrogen and oxygen atoms in total. The topological polar surface area (TPSA) is 56.8 Å². The number of nitrogens with one attached hydrogen (secondary N) is 1. The van der Waals surface area contributed by atoms with Crippen molar-refractivity contribution in [2.24, 2.45) is 0 Å². The summed E-state index contributed by atoms with van der Waals surface area (Å²) in [7, 11) is 4.84. The lowest BCUT2D eigenvalue weighted by Gasteiger charge is -2.13. The fraction of sp³-hybridized carbons (Fsp3) is 0.350. The van der Waals surface area contributed by atoms with Crippen LogP contribution in [0.4, 0.5) is 0 Å². The number of rotatable bonds is 7. The second-order valence-corrected chi connectivity index (χ2v) is 5.82. The van der Waals surface area contributed by atoms with Crippen molar-refractivity contribution in [2.75, 3.05) is 21.3 Å². The summed E-state index contributed by atoms with van der Waals surface area (Å²) in [6.07, 6.45) is 0.337. The van der Waals surface area contributed by atoms with Crippen molar-refractivity contribution in [1.82, 2.24) is 5.32 Å². The minimum absolute atomic E-state index is 0.0255. The SMILES string of the molecule is COc1ccc(CNC(=O)Cc2ccc(OC)c(C)c2C)cc1OC. The zero-order valence-electron chi connectivity index (χ0n) is 15.4. The molecule has 0 saturated heterocycles. The lowest BCUT2D eigenvalue weighted by molar-refractivity contribution is -0.120. The third-order valence-electron chi connectivity index (χ3n) is 4.36. The summed E-state index contributed by atoms with van der Waals surface area (Å²) in [5, 5.41) is 2.94. The quantitative estimate of drug-likeness (QED) is 0.839. The van der Waals surface area contributed by atoms with Gasteiger partial charge in [-0.05, 0) is 54.3 Å². The molecular weight excluding hydrogens is 318 g/mol. The molecule has 2 aromatic carbocycles. The van der Waals surface area contributed by atoms with E-state index < -0.39 is 0 Å². The zero-order valence-corrected chi connectivity index (χ0v) is 15.4. The minimum atomic E-state index is -0.0255. The molecule has 0 radical (unpaired) electrons. The molecule has 0 aliphatic heterocycles. The Labute approximate surface area is 148 Å². The van der Waals surface area contributed by atoms with Gasteiger partial charge in [0.25, 0.3) is 0 Å². The number of benzene rings is 2. The van der Waals surface area contributed by atoms with Gasteiger partial charge in [0.2, 0.25) is 5.91 Å². The van der Waals surface area contributed by atoms with Gasteiger partial charge in [-0.1, -0.05) is 12.1 Å². The summed E-state index contributed by atoms with van der Waals surface area (Å²) in [5.41, 5.74) is 4.10. The van der Waals surface area contributed by atoms with Crippen LogP contribution in [0.3, 0.4) is 0 Å². The Balaban J connectivity index is 2.01. The Bertz CT molecular complexity index is 756. The molecule has 5 heteroatoms. The molecule has 0 heterocycles. The molecule has 2 rings (SSSR count). The molecule has 0 fully saturated rings. The summed E-state index contributed by atoms with van der Waals surface area (Å²) in [6.45, 7) is 4.45. The van der Waals surface area contributed by atoms with Gasteiger partial charge in [-0.15, -0.1) is 0 Å². The van der Waals surface area contributed by atoms with Crippen LogP contribution in [0.1, 0.15) is 22.3 Å². The lowest BCUT2D eigenvalue weighted by atomic mass is 10.00. The highest BCUT2D eigenvalue weighted by atomic mass is 16.5. The molecule has 0 unspecified atom stereocenters. The second-order valence-electron chi connectivity index (χ2n) is 5.82. The summed E-state index contributed by atoms with van der Waals surface area (Å²) < 4.78 is 15.8. The van der Waals surface area contributed by atoms with Crippen LogP contribution < -0.4 is 19.5 Å². The number of ether oxygens (including phenoxy) is 3. The van der Waals surface area contributed by atoms with Gasteiger partial charge in [-0.3, -0.25) is 4.79 Å². The average molecular weight is 343 g/mol. The van der Waals surface area contributed by atoms with Crippen LogP contribution in [0.2, 0.25) is 0 Å². The van der Waals surface area contributed by atoms with E-state index in [9.17, 15) is 4.79 Å².